The van der Waals surface area contributed by atoms with Crippen LogP contribution in [0.5, 0.6) is 0 Å². The van der Waals surface area contributed by atoms with Crippen LogP contribution in [0.4, 0.5) is 5.69 Å². The maximum atomic E-state index is 12.5. The normalized spacial score (nSPS) is 20.7. The van der Waals surface area contributed by atoms with Crippen molar-refractivity contribution in [2.45, 2.75) is 19.3 Å². The van der Waals surface area contributed by atoms with Crippen molar-refractivity contribution in [3.05, 3.63) is 29.8 Å². The van der Waals surface area contributed by atoms with Crippen molar-refractivity contribution in [1.29, 1.82) is 0 Å². The first-order valence-corrected chi connectivity index (χ1v) is 6.91. The molecule has 1 spiro atoms. The number of rotatable bonds is 1. The van der Waals surface area contributed by atoms with Gasteiger partial charge in [0.25, 0.3) is 5.91 Å². The highest BCUT2D eigenvalue weighted by Crippen LogP contribution is 2.40. The van der Waals surface area contributed by atoms with Gasteiger partial charge in [-0.15, -0.1) is 12.4 Å². The molecule has 4 nitrogen and oxygen atoms in total. The summed E-state index contributed by atoms with van der Waals surface area (Å²) < 4.78 is 5.43. The van der Waals surface area contributed by atoms with E-state index in [0.29, 0.717) is 16.7 Å². The molecule has 1 amide bonds. The third kappa shape index (κ3) is 2.91. The maximum absolute atomic E-state index is 12.5. The van der Waals surface area contributed by atoms with Gasteiger partial charge in [0.15, 0.2) is 0 Å². The summed E-state index contributed by atoms with van der Waals surface area (Å²) in [6.07, 6.45) is 3.26. The predicted octanol–water partition coefficient (Wildman–Crippen LogP) is 2.33. The Balaban J connectivity index is 0.00000147. The van der Waals surface area contributed by atoms with Gasteiger partial charge in [-0.1, -0.05) is 6.07 Å². The van der Waals surface area contributed by atoms with Gasteiger partial charge in [0.05, 0.1) is 0 Å². The quantitative estimate of drug-likeness (QED) is 0.809. The Labute approximate surface area is 125 Å². The average molecular weight is 297 g/mol. The van der Waals surface area contributed by atoms with Crippen molar-refractivity contribution in [2.75, 3.05) is 32.0 Å². The molecular formula is C15H21ClN2O2. The van der Waals surface area contributed by atoms with Gasteiger partial charge in [-0.25, -0.2) is 0 Å². The average Bonchev–Trinajstić information content (AvgIpc) is 2.82. The zero-order chi connectivity index (χ0) is 13.3. The second-order valence-corrected chi connectivity index (χ2v) is 5.71. The summed E-state index contributed by atoms with van der Waals surface area (Å²) in [6.45, 7) is 3.39. The van der Waals surface area contributed by atoms with E-state index < -0.39 is 0 Å². The summed E-state index contributed by atoms with van der Waals surface area (Å²) in [5, 5.41) is 0. The molecular weight excluding hydrogens is 276 g/mol. The van der Waals surface area contributed by atoms with E-state index in [-0.39, 0.29) is 18.3 Å². The van der Waals surface area contributed by atoms with Gasteiger partial charge in [-0.2, -0.15) is 0 Å². The van der Waals surface area contributed by atoms with Gasteiger partial charge in [0.1, 0.15) is 0 Å². The second kappa shape index (κ2) is 6.02. The fraction of sp³-hybridized carbons (Fsp3) is 0.533. The van der Waals surface area contributed by atoms with Crippen molar-refractivity contribution in [3.63, 3.8) is 0 Å². The third-order valence-corrected chi connectivity index (χ3v) is 4.41. The number of anilines is 1. The Bertz CT molecular complexity index is 487. The predicted molar refractivity (Wildman–Crippen MR) is 81.1 cm³/mol. The number of hydrogen-bond donors (Lipinski definition) is 1. The number of hydrogen-bond acceptors (Lipinski definition) is 3. The van der Waals surface area contributed by atoms with Crippen LogP contribution in [0.15, 0.2) is 24.3 Å². The molecule has 3 rings (SSSR count). The fourth-order valence-corrected chi connectivity index (χ4v) is 3.18. The molecule has 20 heavy (non-hydrogen) atoms. The van der Waals surface area contributed by atoms with Crippen molar-refractivity contribution in [3.8, 4) is 0 Å². The van der Waals surface area contributed by atoms with Gasteiger partial charge < -0.3 is 15.4 Å². The van der Waals surface area contributed by atoms with E-state index in [1.165, 1.54) is 0 Å². The molecule has 0 radical (unpaired) electrons. The number of amides is 1. The van der Waals surface area contributed by atoms with E-state index in [1.807, 2.05) is 17.0 Å². The van der Waals surface area contributed by atoms with Crippen LogP contribution in [0.1, 0.15) is 29.6 Å². The molecule has 0 aromatic heterocycles. The van der Waals surface area contributed by atoms with Crippen LogP contribution in [0, 0.1) is 5.41 Å². The molecule has 1 aromatic rings. The second-order valence-electron chi connectivity index (χ2n) is 5.71. The molecule has 1 aromatic carbocycles. The minimum absolute atomic E-state index is 0. The molecule has 2 aliphatic heterocycles. The lowest BCUT2D eigenvalue weighted by molar-refractivity contribution is 0.0191. The van der Waals surface area contributed by atoms with Crippen LogP contribution in [-0.4, -0.2) is 37.1 Å². The third-order valence-electron chi connectivity index (χ3n) is 4.41. The Morgan fingerprint density at radius 2 is 2.00 bits per heavy atom. The highest BCUT2D eigenvalue weighted by atomic mass is 35.5. The summed E-state index contributed by atoms with van der Waals surface area (Å²) in [5.41, 5.74) is 7.39. The number of likely N-dealkylation sites (tertiary alicyclic amines) is 1. The van der Waals surface area contributed by atoms with Crippen LogP contribution in [-0.2, 0) is 4.74 Å². The van der Waals surface area contributed by atoms with Gasteiger partial charge >= 0.3 is 0 Å². The first kappa shape index (κ1) is 15.1. The van der Waals surface area contributed by atoms with Crippen LogP contribution >= 0.6 is 12.4 Å². The van der Waals surface area contributed by atoms with Gasteiger partial charge in [-0.05, 0) is 42.9 Å². The Morgan fingerprint density at radius 3 is 2.70 bits per heavy atom. The van der Waals surface area contributed by atoms with Crippen LogP contribution < -0.4 is 5.73 Å². The first-order valence-electron chi connectivity index (χ1n) is 6.91. The van der Waals surface area contributed by atoms with Crippen LogP contribution in [0.3, 0.4) is 0 Å². The highest BCUT2D eigenvalue weighted by Gasteiger charge is 2.41. The zero-order valence-corrected chi connectivity index (χ0v) is 12.3. The largest absolute Gasteiger partial charge is 0.399 e. The monoisotopic (exact) mass is 296 g/mol. The van der Waals surface area contributed by atoms with Crippen molar-refractivity contribution in [1.82, 2.24) is 4.90 Å². The Kier molecular flexibility index (Phi) is 4.55. The van der Waals surface area contributed by atoms with Gasteiger partial charge in [0.2, 0.25) is 0 Å². The standard InChI is InChI=1S/C15H20N2O2.ClH/c16-13-3-1-2-12(10-13)14(18)17-7-4-15(11-17)5-8-19-9-6-15;/h1-3,10H,4-9,11,16H2;1H. The van der Waals surface area contributed by atoms with Crippen molar-refractivity contribution >= 4 is 24.0 Å². The number of nitrogens with two attached hydrogens (primary N) is 1. The Hall–Kier alpha value is -1.26. The Morgan fingerprint density at radius 1 is 1.25 bits per heavy atom. The number of nitrogen functional groups attached to an aromatic ring is 1. The molecule has 2 aliphatic rings. The molecule has 110 valence electrons. The zero-order valence-electron chi connectivity index (χ0n) is 11.5. The fourth-order valence-electron chi connectivity index (χ4n) is 3.18. The molecule has 0 bridgehead atoms. The van der Waals surface area contributed by atoms with E-state index in [4.69, 9.17) is 10.5 Å². The summed E-state index contributed by atoms with van der Waals surface area (Å²) in [6, 6.07) is 7.24. The number of halogens is 1. The highest BCUT2D eigenvalue weighted by molar-refractivity contribution is 5.95. The van der Waals surface area contributed by atoms with Crippen molar-refractivity contribution < 1.29 is 9.53 Å². The van der Waals surface area contributed by atoms with Crippen LogP contribution in [0.25, 0.3) is 0 Å². The topological polar surface area (TPSA) is 55.6 Å². The number of nitrogens with zero attached hydrogens (tertiary/aromatic N) is 1. The molecule has 0 aliphatic carbocycles. The van der Waals surface area contributed by atoms with E-state index in [2.05, 4.69) is 0 Å². The SMILES string of the molecule is Cl.Nc1cccc(C(=O)N2CCC3(CCOCC3)C2)c1. The summed E-state index contributed by atoms with van der Waals surface area (Å²) >= 11 is 0. The summed E-state index contributed by atoms with van der Waals surface area (Å²) in [5.74, 6) is 0.107. The van der Waals surface area contributed by atoms with Gasteiger partial charge in [-0.3, -0.25) is 4.79 Å². The lowest BCUT2D eigenvalue weighted by atomic mass is 9.80. The first-order chi connectivity index (χ1) is 9.19. The molecule has 0 unspecified atom stereocenters. The minimum Gasteiger partial charge on any atom is -0.399 e. The molecule has 2 heterocycles. The van der Waals surface area contributed by atoms with E-state index in [0.717, 1.165) is 45.6 Å². The lowest BCUT2D eigenvalue weighted by Crippen LogP contribution is -2.35. The number of carbonyl (C=O) groups is 1. The van der Waals surface area contributed by atoms with E-state index >= 15 is 0 Å². The number of carbonyl (C=O) groups excluding carboxylic acids is 1. The molecule has 0 saturated carbocycles. The molecule has 2 saturated heterocycles. The van der Waals surface area contributed by atoms with E-state index in [1.54, 1.807) is 12.1 Å². The molecule has 0 atom stereocenters. The smallest absolute Gasteiger partial charge is 0.253 e. The molecule has 5 heteroatoms. The van der Waals surface area contributed by atoms with Crippen LogP contribution in [0.2, 0.25) is 0 Å². The lowest BCUT2D eigenvalue weighted by Gasteiger charge is -2.33. The summed E-state index contributed by atoms with van der Waals surface area (Å²) in [4.78, 5) is 14.4. The maximum Gasteiger partial charge on any atom is 0.253 e. The van der Waals surface area contributed by atoms with E-state index in [9.17, 15) is 4.79 Å². The molecule has 2 N–H and O–H groups in total. The van der Waals surface area contributed by atoms with Crippen molar-refractivity contribution in [2.24, 2.45) is 5.41 Å². The summed E-state index contributed by atoms with van der Waals surface area (Å²) in [7, 11) is 0. The van der Waals surface area contributed by atoms with Gasteiger partial charge in [0, 0.05) is 37.6 Å². The molecule has 2 fully saturated rings. The number of ether oxygens (including phenoxy) is 1. The number of benzene rings is 1. The minimum atomic E-state index is 0.